The lowest BCUT2D eigenvalue weighted by molar-refractivity contribution is 0.319. The normalized spacial score (nSPS) is 18.2. The lowest BCUT2D eigenvalue weighted by Crippen LogP contribution is -1.95. The topological polar surface area (TPSA) is 52.8 Å². The Morgan fingerprint density at radius 3 is 3.00 bits per heavy atom. The van der Waals surface area contributed by atoms with E-state index in [1.54, 1.807) is 25.2 Å². The average Bonchev–Trinajstić information content (AvgIpc) is 2.29. The van der Waals surface area contributed by atoms with Gasteiger partial charge in [-0.2, -0.15) is 0 Å². The van der Waals surface area contributed by atoms with Crippen molar-refractivity contribution in [2.45, 2.75) is 13.3 Å². The summed E-state index contributed by atoms with van der Waals surface area (Å²) >= 11 is 0. The molecular weight excluding hydrogens is 154 g/mol. The van der Waals surface area contributed by atoms with Gasteiger partial charge in [-0.05, 0) is 31.1 Å². The summed E-state index contributed by atoms with van der Waals surface area (Å²) in [5.41, 5.74) is 1.48. The molecule has 0 aromatic rings. The van der Waals surface area contributed by atoms with Crippen molar-refractivity contribution in [3.63, 3.8) is 0 Å². The van der Waals surface area contributed by atoms with Crippen molar-refractivity contribution in [3.8, 4) is 0 Å². The molecule has 1 rings (SSSR count). The minimum atomic E-state index is 0.243. The van der Waals surface area contributed by atoms with E-state index >= 15 is 0 Å². The molecule has 0 aromatic heterocycles. The molecule has 0 heterocycles. The van der Waals surface area contributed by atoms with Crippen LogP contribution in [0.15, 0.2) is 40.8 Å². The molecule has 0 aliphatic heterocycles. The summed E-state index contributed by atoms with van der Waals surface area (Å²) in [4.78, 5) is 0. The van der Waals surface area contributed by atoms with Crippen LogP contribution in [-0.2, 0) is 0 Å². The fraction of sp³-hybridized carbons (Fsp3) is 0.222. The van der Waals surface area contributed by atoms with Crippen molar-refractivity contribution in [1.29, 1.82) is 0 Å². The number of allylic oxidation sites excluding steroid dienone is 5. The SMILES string of the molecule is CC(=NO)C1=CC=CC(O)=CC1. The molecular formula is C9H11NO2. The molecule has 0 aromatic carbocycles. The van der Waals surface area contributed by atoms with E-state index < -0.39 is 0 Å². The molecule has 0 bridgehead atoms. The average molecular weight is 165 g/mol. The molecule has 0 radical (unpaired) electrons. The first kappa shape index (κ1) is 8.59. The van der Waals surface area contributed by atoms with Gasteiger partial charge in [0.1, 0.15) is 5.76 Å². The van der Waals surface area contributed by atoms with Gasteiger partial charge < -0.3 is 10.3 Å². The number of rotatable bonds is 1. The van der Waals surface area contributed by atoms with Crippen LogP contribution in [0.2, 0.25) is 0 Å². The van der Waals surface area contributed by atoms with E-state index in [2.05, 4.69) is 5.16 Å². The van der Waals surface area contributed by atoms with E-state index in [0.717, 1.165) is 5.57 Å². The highest BCUT2D eigenvalue weighted by atomic mass is 16.4. The summed E-state index contributed by atoms with van der Waals surface area (Å²) in [6.45, 7) is 1.72. The van der Waals surface area contributed by atoms with Crippen molar-refractivity contribution in [2.24, 2.45) is 5.16 Å². The first-order valence-corrected chi connectivity index (χ1v) is 3.69. The first-order valence-electron chi connectivity index (χ1n) is 3.69. The number of hydrogen-bond acceptors (Lipinski definition) is 3. The zero-order valence-electron chi connectivity index (χ0n) is 6.86. The molecule has 0 saturated heterocycles. The van der Waals surface area contributed by atoms with Gasteiger partial charge in [-0.15, -0.1) is 0 Å². The Morgan fingerprint density at radius 2 is 2.33 bits per heavy atom. The maximum absolute atomic E-state index is 9.10. The Kier molecular flexibility index (Phi) is 2.69. The van der Waals surface area contributed by atoms with Gasteiger partial charge in [0.25, 0.3) is 0 Å². The van der Waals surface area contributed by atoms with Crippen LogP contribution >= 0.6 is 0 Å². The van der Waals surface area contributed by atoms with E-state index in [4.69, 9.17) is 10.3 Å². The summed E-state index contributed by atoms with van der Waals surface area (Å²) < 4.78 is 0. The second-order valence-electron chi connectivity index (χ2n) is 2.57. The van der Waals surface area contributed by atoms with Crippen LogP contribution in [0.3, 0.4) is 0 Å². The maximum atomic E-state index is 9.10. The Bertz CT molecular complexity index is 282. The van der Waals surface area contributed by atoms with Gasteiger partial charge in [0.05, 0.1) is 5.71 Å². The van der Waals surface area contributed by atoms with Gasteiger partial charge in [-0.25, -0.2) is 0 Å². The molecule has 0 atom stereocenters. The van der Waals surface area contributed by atoms with Gasteiger partial charge in [-0.3, -0.25) is 0 Å². The third-order valence-electron chi connectivity index (χ3n) is 1.71. The highest BCUT2D eigenvalue weighted by Gasteiger charge is 2.02. The number of oxime groups is 1. The zero-order valence-corrected chi connectivity index (χ0v) is 6.86. The van der Waals surface area contributed by atoms with E-state index in [-0.39, 0.29) is 5.76 Å². The lowest BCUT2D eigenvalue weighted by atomic mass is 10.1. The molecule has 0 spiro atoms. The molecule has 0 unspecified atom stereocenters. The number of aliphatic hydroxyl groups is 1. The maximum Gasteiger partial charge on any atom is 0.111 e. The molecule has 1 aliphatic rings. The van der Waals surface area contributed by atoms with Crippen molar-refractivity contribution in [2.75, 3.05) is 0 Å². The molecule has 64 valence electrons. The summed E-state index contributed by atoms with van der Waals surface area (Å²) in [6.07, 6.45) is 7.40. The van der Waals surface area contributed by atoms with E-state index in [9.17, 15) is 0 Å². The molecule has 2 N–H and O–H groups in total. The molecule has 0 fully saturated rings. The first-order chi connectivity index (χ1) is 5.74. The summed E-state index contributed by atoms with van der Waals surface area (Å²) in [7, 11) is 0. The van der Waals surface area contributed by atoms with Crippen molar-refractivity contribution in [3.05, 3.63) is 35.6 Å². The van der Waals surface area contributed by atoms with Gasteiger partial charge in [0, 0.05) is 0 Å². The minimum Gasteiger partial charge on any atom is -0.508 e. The fourth-order valence-corrected chi connectivity index (χ4v) is 0.946. The minimum absolute atomic E-state index is 0.243. The Hall–Kier alpha value is -1.51. The van der Waals surface area contributed by atoms with E-state index in [1.807, 2.05) is 6.08 Å². The van der Waals surface area contributed by atoms with Crippen molar-refractivity contribution < 1.29 is 10.3 Å². The number of nitrogens with zero attached hydrogens (tertiary/aromatic N) is 1. The van der Waals surface area contributed by atoms with Crippen LogP contribution in [0.4, 0.5) is 0 Å². The number of hydrogen-bond donors (Lipinski definition) is 2. The second kappa shape index (κ2) is 3.76. The quantitative estimate of drug-likeness (QED) is 0.355. The predicted molar refractivity (Wildman–Crippen MR) is 47.4 cm³/mol. The van der Waals surface area contributed by atoms with Crippen LogP contribution in [0.5, 0.6) is 0 Å². The number of aliphatic hydroxyl groups excluding tert-OH is 1. The summed E-state index contributed by atoms with van der Waals surface area (Å²) in [5, 5.41) is 20.7. The van der Waals surface area contributed by atoms with Crippen LogP contribution < -0.4 is 0 Å². The van der Waals surface area contributed by atoms with Crippen molar-refractivity contribution >= 4 is 5.71 Å². The monoisotopic (exact) mass is 165 g/mol. The molecule has 1 aliphatic carbocycles. The predicted octanol–water partition coefficient (Wildman–Crippen LogP) is 2.16. The van der Waals surface area contributed by atoms with E-state index in [1.165, 1.54) is 0 Å². The van der Waals surface area contributed by atoms with Gasteiger partial charge >= 0.3 is 0 Å². The molecule has 3 nitrogen and oxygen atoms in total. The summed E-state index contributed by atoms with van der Waals surface area (Å²) in [5.74, 6) is 0.243. The summed E-state index contributed by atoms with van der Waals surface area (Å²) in [6, 6.07) is 0. The third kappa shape index (κ3) is 1.99. The van der Waals surface area contributed by atoms with Crippen molar-refractivity contribution in [1.82, 2.24) is 0 Å². The van der Waals surface area contributed by atoms with Crippen LogP contribution in [0.1, 0.15) is 13.3 Å². The molecule has 12 heavy (non-hydrogen) atoms. The standard InChI is InChI=1S/C9H11NO2/c1-7(10-12)8-3-2-4-9(11)6-5-8/h2-4,6,11-12H,5H2,1H3. The Morgan fingerprint density at radius 1 is 1.58 bits per heavy atom. The fourth-order valence-electron chi connectivity index (χ4n) is 0.946. The third-order valence-corrected chi connectivity index (χ3v) is 1.71. The Labute approximate surface area is 71.0 Å². The van der Waals surface area contributed by atoms with E-state index in [0.29, 0.717) is 12.1 Å². The van der Waals surface area contributed by atoms with Crippen LogP contribution in [0, 0.1) is 0 Å². The zero-order chi connectivity index (χ0) is 8.97. The van der Waals surface area contributed by atoms with Gasteiger partial charge in [-0.1, -0.05) is 17.3 Å². The lowest BCUT2D eigenvalue weighted by Gasteiger charge is -1.98. The second-order valence-corrected chi connectivity index (χ2v) is 2.57. The highest BCUT2D eigenvalue weighted by Crippen LogP contribution is 2.11. The van der Waals surface area contributed by atoms with Gasteiger partial charge in [0.2, 0.25) is 0 Å². The smallest absolute Gasteiger partial charge is 0.111 e. The van der Waals surface area contributed by atoms with Gasteiger partial charge in [0.15, 0.2) is 0 Å². The molecule has 0 saturated carbocycles. The highest BCUT2D eigenvalue weighted by molar-refractivity contribution is 5.98. The largest absolute Gasteiger partial charge is 0.508 e. The molecule has 0 amide bonds. The molecule has 3 heteroatoms. The van der Waals surface area contributed by atoms with Crippen LogP contribution in [-0.4, -0.2) is 16.0 Å². The Balaban J connectivity index is 2.84. The van der Waals surface area contributed by atoms with Crippen LogP contribution in [0.25, 0.3) is 0 Å².